The molecule has 1 aromatic rings. The number of pyridine rings is 1. The molecule has 1 aliphatic heterocycles. The number of rotatable bonds is 3. The number of nitrogen functional groups attached to an aromatic ring is 1. The van der Waals surface area contributed by atoms with Crippen molar-refractivity contribution in [2.75, 3.05) is 12.0 Å². The lowest BCUT2D eigenvalue weighted by Crippen LogP contribution is -2.41. The van der Waals surface area contributed by atoms with E-state index < -0.39 is 29.1 Å². The fourth-order valence-electron chi connectivity index (χ4n) is 2.05. The molecule has 0 amide bonds. The van der Waals surface area contributed by atoms with Gasteiger partial charge in [0.2, 0.25) is 0 Å². The molecular weight excluding hydrogens is 275 g/mol. The van der Waals surface area contributed by atoms with Gasteiger partial charge >= 0.3 is 7.12 Å². The molecule has 0 spiro atoms. The summed E-state index contributed by atoms with van der Waals surface area (Å²) >= 11 is 0. The van der Waals surface area contributed by atoms with E-state index in [1.54, 1.807) is 18.5 Å². The molecule has 20 heavy (non-hydrogen) atoms. The standard InChI is InChI=1S/C13H21BN2O3S/c1-12(2)13(3,4)19-14(18-12)10-6-11(15)16-7-9(10)8-20(5)17/h6-7H,8H2,1-5H3,(H2,15,16). The van der Waals surface area contributed by atoms with Crippen LogP contribution in [-0.4, -0.2) is 33.8 Å². The molecule has 1 fully saturated rings. The Morgan fingerprint density at radius 3 is 2.35 bits per heavy atom. The average Bonchev–Trinajstić information content (AvgIpc) is 2.50. The van der Waals surface area contributed by atoms with Crippen LogP contribution in [0.2, 0.25) is 0 Å². The maximum absolute atomic E-state index is 11.5. The topological polar surface area (TPSA) is 74.4 Å². The van der Waals surface area contributed by atoms with Gasteiger partial charge in [-0.2, -0.15) is 0 Å². The molecule has 7 heteroatoms. The number of hydrogen-bond acceptors (Lipinski definition) is 5. The molecule has 1 atom stereocenters. The lowest BCUT2D eigenvalue weighted by atomic mass is 9.77. The molecule has 0 bridgehead atoms. The van der Waals surface area contributed by atoms with Crippen molar-refractivity contribution >= 4 is 29.2 Å². The largest absolute Gasteiger partial charge is 0.495 e. The molecule has 1 unspecified atom stereocenters. The van der Waals surface area contributed by atoms with Gasteiger partial charge in [-0.15, -0.1) is 0 Å². The highest BCUT2D eigenvalue weighted by atomic mass is 32.2. The second-order valence-corrected chi connectivity index (χ2v) is 7.55. The third-order valence-corrected chi connectivity index (χ3v) is 4.63. The summed E-state index contributed by atoms with van der Waals surface area (Å²) in [5, 5.41) is 0. The van der Waals surface area contributed by atoms with Crippen molar-refractivity contribution in [2.45, 2.75) is 44.6 Å². The Balaban J connectivity index is 2.38. The van der Waals surface area contributed by atoms with Crippen LogP contribution in [0.1, 0.15) is 33.3 Å². The Labute approximate surface area is 122 Å². The summed E-state index contributed by atoms with van der Waals surface area (Å²) in [6.45, 7) is 7.98. The first-order chi connectivity index (χ1) is 9.12. The molecule has 1 aromatic heterocycles. The van der Waals surface area contributed by atoms with Crippen molar-refractivity contribution in [3.8, 4) is 0 Å². The molecule has 110 valence electrons. The Morgan fingerprint density at radius 1 is 1.30 bits per heavy atom. The summed E-state index contributed by atoms with van der Waals surface area (Å²) in [5.74, 6) is 0.813. The highest BCUT2D eigenvalue weighted by Crippen LogP contribution is 2.36. The predicted octanol–water partition coefficient (Wildman–Crippen LogP) is 0.841. The molecule has 0 saturated carbocycles. The second kappa shape index (κ2) is 5.13. The molecule has 5 nitrogen and oxygen atoms in total. The summed E-state index contributed by atoms with van der Waals surface area (Å²) in [6, 6.07) is 1.74. The van der Waals surface area contributed by atoms with Crippen LogP contribution in [0.4, 0.5) is 5.82 Å². The summed E-state index contributed by atoms with van der Waals surface area (Å²) in [4.78, 5) is 4.07. The van der Waals surface area contributed by atoms with Crippen LogP contribution in [0.3, 0.4) is 0 Å². The highest BCUT2D eigenvalue weighted by Gasteiger charge is 2.52. The highest BCUT2D eigenvalue weighted by molar-refractivity contribution is 7.83. The van der Waals surface area contributed by atoms with Gasteiger partial charge in [0.15, 0.2) is 0 Å². The molecule has 2 heterocycles. The molecule has 1 saturated heterocycles. The number of hydrogen-bond donors (Lipinski definition) is 1. The van der Waals surface area contributed by atoms with Gasteiger partial charge in [-0.1, -0.05) is 0 Å². The lowest BCUT2D eigenvalue weighted by molar-refractivity contribution is 0.00578. The Morgan fingerprint density at radius 2 is 1.85 bits per heavy atom. The molecule has 0 radical (unpaired) electrons. The van der Waals surface area contributed by atoms with Crippen LogP contribution >= 0.6 is 0 Å². The van der Waals surface area contributed by atoms with E-state index in [9.17, 15) is 4.21 Å². The number of anilines is 1. The fourth-order valence-corrected chi connectivity index (χ4v) is 2.72. The van der Waals surface area contributed by atoms with Gasteiger partial charge in [0.1, 0.15) is 5.82 Å². The summed E-state index contributed by atoms with van der Waals surface area (Å²) in [5.41, 5.74) is 6.58. The Hall–Kier alpha value is -0.915. The summed E-state index contributed by atoms with van der Waals surface area (Å²) in [7, 11) is -1.47. The van der Waals surface area contributed by atoms with E-state index in [2.05, 4.69) is 4.98 Å². The van der Waals surface area contributed by atoms with Gasteiger partial charge in [0.25, 0.3) is 0 Å². The SMILES string of the molecule is CS(=O)Cc1cnc(N)cc1B1OC(C)(C)C(C)(C)O1. The summed E-state index contributed by atoms with van der Waals surface area (Å²) in [6.07, 6.45) is 3.31. The third kappa shape index (κ3) is 2.89. The molecule has 0 aromatic carbocycles. The first-order valence-electron chi connectivity index (χ1n) is 6.52. The minimum atomic E-state index is -0.964. The normalized spacial score (nSPS) is 21.9. The van der Waals surface area contributed by atoms with Crippen molar-refractivity contribution in [1.82, 2.24) is 4.98 Å². The first-order valence-corrected chi connectivity index (χ1v) is 8.25. The second-order valence-electron chi connectivity index (χ2n) is 6.11. The van der Waals surface area contributed by atoms with Crippen LogP contribution in [0.15, 0.2) is 12.3 Å². The van der Waals surface area contributed by atoms with E-state index in [0.29, 0.717) is 11.6 Å². The number of nitrogens with zero attached hydrogens (tertiary/aromatic N) is 1. The minimum Gasteiger partial charge on any atom is -0.399 e. The maximum atomic E-state index is 11.5. The monoisotopic (exact) mass is 296 g/mol. The quantitative estimate of drug-likeness (QED) is 0.837. The molecular formula is C13H21BN2O3S. The first kappa shape index (κ1) is 15.5. The van der Waals surface area contributed by atoms with Gasteiger partial charge < -0.3 is 15.0 Å². The van der Waals surface area contributed by atoms with E-state index in [4.69, 9.17) is 15.0 Å². The zero-order chi connectivity index (χ0) is 15.1. The van der Waals surface area contributed by atoms with Gasteiger partial charge in [-0.05, 0) is 44.8 Å². The van der Waals surface area contributed by atoms with Gasteiger partial charge in [0.05, 0.1) is 11.2 Å². The molecule has 1 aliphatic rings. The predicted molar refractivity (Wildman–Crippen MR) is 82.1 cm³/mol. The van der Waals surface area contributed by atoms with Crippen LogP contribution in [0, 0.1) is 0 Å². The lowest BCUT2D eigenvalue weighted by Gasteiger charge is -2.32. The van der Waals surface area contributed by atoms with Crippen molar-refractivity contribution in [2.24, 2.45) is 0 Å². The van der Waals surface area contributed by atoms with Crippen LogP contribution in [-0.2, 0) is 25.9 Å². The van der Waals surface area contributed by atoms with Crippen LogP contribution < -0.4 is 11.2 Å². The van der Waals surface area contributed by atoms with Crippen molar-refractivity contribution < 1.29 is 13.5 Å². The molecule has 2 N–H and O–H groups in total. The number of aromatic nitrogens is 1. The van der Waals surface area contributed by atoms with E-state index in [1.807, 2.05) is 27.7 Å². The van der Waals surface area contributed by atoms with E-state index in [0.717, 1.165) is 11.0 Å². The smallest absolute Gasteiger partial charge is 0.399 e. The van der Waals surface area contributed by atoms with Gasteiger partial charge in [0, 0.05) is 29.0 Å². The molecule has 0 aliphatic carbocycles. The maximum Gasteiger partial charge on any atom is 0.495 e. The van der Waals surface area contributed by atoms with Gasteiger partial charge in [-0.25, -0.2) is 4.98 Å². The fraction of sp³-hybridized carbons (Fsp3) is 0.615. The van der Waals surface area contributed by atoms with Crippen molar-refractivity contribution in [1.29, 1.82) is 0 Å². The van der Waals surface area contributed by atoms with Crippen LogP contribution in [0.25, 0.3) is 0 Å². The van der Waals surface area contributed by atoms with Gasteiger partial charge in [-0.3, -0.25) is 4.21 Å². The minimum absolute atomic E-state index is 0.403. The zero-order valence-corrected chi connectivity index (χ0v) is 13.4. The van der Waals surface area contributed by atoms with Crippen molar-refractivity contribution in [3.63, 3.8) is 0 Å². The summed E-state index contributed by atoms with van der Waals surface area (Å²) < 4.78 is 23.5. The van der Waals surface area contributed by atoms with E-state index in [1.165, 1.54) is 0 Å². The van der Waals surface area contributed by atoms with Crippen LogP contribution in [0.5, 0.6) is 0 Å². The van der Waals surface area contributed by atoms with Crippen molar-refractivity contribution in [3.05, 3.63) is 17.8 Å². The third-order valence-electron chi connectivity index (χ3n) is 3.91. The average molecular weight is 296 g/mol. The zero-order valence-electron chi connectivity index (χ0n) is 12.6. The van der Waals surface area contributed by atoms with E-state index in [-0.39, 0.29) is 0 Å². The molecule has 2 rings (SSSR count). The Kier molecular flexibility index (Phi) is 3.97. The number of nitrogens with two attached hydrogens (primary N) is 1. The van der Waals surface area contributed by atoms with E-state index >= 15 is 0 Å². The Bertz CT molecular complexity index is 532.